The number of para-hydroxylation sites is 1. The molecule has 1 aliphatic rings. The number of hydrogen-bond acceptors (Lipinski definition) is 6. The maximum Gasteiger partial charge on any atom is 0.265 e. The fraction of sp³-hybridized carbons (Fsp3) is 0.0526. The lowest BCUT2D eigenvalue weighted by molar-refractivity contribution is -0.121. The molecule has 2 aromatic carbocycles. The summed E-state index contributed by atoms with van der Waals surface area (Å²) in [5.41, 5.74) is 2.22. The predicted octanol–water partition coefficient (Wildman–Crippen LogP) is 4.38. The molecule has 0 atom stereocenters. The van der Waals surface area contributed by atoms with Gasteiger partial charge in [-0.25, -0.2) is 4.98 Å². The molecule has 134 valence electrons. The Labute approximate surface area is 169 Å². The molecule has 0 radical (unpaired) electrons. The van der Waals surface area contributed by atoms with E-state index in [1.54, 1.807) is 37.4 Å². The summed E-state index contributed by atoms with van der Waals surface area (Å²) >= 11 is 7.83. The third-order valence-electron chi connectivity index (χ3n) is 3.97. The van der Waals surface area contributed by atoms with Crippen LogP contribution in [0.15, 0.2) is 53.4 Å². The first kappa shape index (κ1) is 17.8. The molecule has 27 heavy (non-hydrogen) atoms. The van der Waals surface area contributed by atoms with E-state index in [2.05, 4.69) is 10.3 Å². The van der Waals surface area contributed by atoms with Crippen molar-refractivity contribution in [2.75, 3.05) is 12.4 Å². The molecule has 0 spiro atoms. The second-order valence-electron chi connectivity index (χ2n) is 5.80. The first-order valence-electron chi connectivity index (χ1n) is 8.00. The first-order valence-corrected chi connectivity index (χ1v) is 10.0. The van der Waals surface area contributed by atoms with Crippen molar-refractivity contribution < 1.29 is 9.59 Å². The minimum Gasteiger partial charge on any atom is -0.298 e. The van der Waals surface area contributed by atoms with Crippen molar-refractivity contribution in [3.8, 4) is 0 Å². The zero-order chi connectivity index (χ0) is 19.0. The van der Waals surface area contributed by atoms with Crippen LogP contribution in [-0.4, -0.2) is 33.1 Å². The van der Waals surface area contributed by atoms with Crippen LogP contribution < -0.4 is 5.32 Å². The monoisotopic (exact) mass is 411 g/mol. The van der Waals surface area contributed by atoms with E-state index in [1.165, 1.54) is 28.0 Å². The summed E-state index contributed by atoms with van der Waals surface area (Å²) in [7, 11) is 1.66. The van der Waals surface area contributed by atoms with Crippen molar-refractivity contribution in [3.63, 3.8) is 0 Å². The number of aromatic nitrogens is 1. The summed E-state index contributed by atoms with van der Waals surface area (Å²) in [5.74, 6) is -0.330. The lowest BCUT2D eigenvalue weighted by Gasteiger charge is -2.04. The maximum atomic E-state index is 12.4. The van der Waals surface area contributed by atoms with Crippen LogP contribution in [0.1, 0.15) is 15.9 Å². The number of carbonyl (C=O) groups excluding carboxylic acids is 2. The summed E-state index contributed by atoms with van der Waals surface area (Å²) < 4.78 is 1.56. The van der Waals surface area contributed by atoms with Crippen molar-refractivity contribution in [3.05, 3.63) is 64.6 Å². The SMILES string of the molecule is CN1C(=O)/C(=C\c2ccc(C(=O)Nc3nc4ccccc4s3)cc2)SC1=S. The number of fused-ring (bicyclic) bond motifs is 1. The summed E-state index contributed by atoms with van der Waals surface area (Å²) in [6.07, 6.45) is 1.78. The Hall–Kier alpha value is -2.55. The Morgan fingerprint density at radius 3 is 2.59 bits per heavy atom. The van der Waals surface area contributed by atoms with Gasteiger partial charge in [-0.2, -0.15) is 0 Å². The number of nitrogens with one attached hydrogen (secondary N) is 1. The molecule has 5 nitrogen and oxygen atoms in total. The van der Waals surface area contributed by atoms with Crippen molar-refractivity contribution in [1.29, 1.82) is 0 Å². The Bertz CT molecular complexity index is 1070. The second-order valence-corrected chi connectivity index (χ2v) is 8.51. The topological polar surface area (TPSA) is 62.3 Å². The van der Waals surface area contributed by atoms with Gasteiger partial charge in [0.25, 0.3) is 11.8 Å². The number of amides is 2. The highest BCUT2D eigenvalue weighted by Crippen LogP contribution is 2.31. The Kier molecular flexibility index (Phi) is 4.77. The van der Waals surface area contributed by atoms with Crippen LogP contribution in [0.2, 0.25) is 0 Å². The van der Waals surface area contributed by atoms with Gasteiger partial charge in [-0.1, -0.05) is 59.6 Å². The van der Waals surface area contributed by atoms with Crippen LogP contribution in [0, 0.1) is 0 Å². The smallest absolute Gasteiger partial charge is 0.265 e. The molecule has 8 heteroatoms. The highest BCUT2D eigenvalue weighted by molar-refractivity contribution is 8.26. The fourth-order valence-corrected chi connectivity index (χ4v) is 4.56. The minimum absolute atomic E-state index is 0.109. The van der Waals surface area contributed by atoms with Gasteiger partial charge in [0.05, 0.1) is 15.1 Å². The summed E-state index contributed by atoms with van der Waals surface area (Å²) in [6, 6.07) is 14.8. The molecule has 1 saturated heterocycles. The normalized spacial score (nSPS) is 15.7. The van der Waals surface area contributed by atoms with E-state index in [-0.39, 0.29) is 11.8 Å². The van der Waals surface area contributed by atoms with E-state index in [9.17, 15) is 9.59 Å². The van der Waals surface area contributed by atoms with E-state index in [4.69, 9.17) is 12.2 Å². The molecule has 2 amide bonds. The number of benzene rings is 2. The zero-order valence-corrected chi connectivity index (χ0v) is 16.6. The predicted molar refractivity (Wildman–Crippen MR) is 115 cm³/mol. The quantitative estimate of drug-likeness (QED) is 0.512. The first-order chi connectivity index (χ1) is 13.0. The molecule has 1 fully saturated rings. The summed E-state index contributed by atoms with van der Waals surface area (Å²) in [6.45, 7) is 0. The lowest BCUT2D eigenvalue weighted by atomic mass is 10.1. The van der Waals surface area contributed by atoms with Crippen molar-refractivity contribution in [2.45, 2.75) is 0 Å². The van der Waals surface area contributed by atoms with E-state index < -0.39 is 0 Å². The molecule has 0 aliphatic carbocycles. The third-order valence-corrected chi connectivity index (χ3v) is 6.41. The van der Waals surface area contributed by atoms with E-state index in [0.29, 0.717) is 19.9 Å². The number of thioether (sulfide) groups is 1. The molecule has 1 N–H and O–H groups in total. The summed E-state index contributed by atoms with van der Waals surface area (Å²) in [4.78, 5) is 30.9. The Morgan fingerprint density at radius 1 is 1.19 bits per heavy atom. The molecule has 0 bridgehead atoms. The van der Waals surface area contributed by atoms with E-state index >= 15 is 0 Å². The second kappa shape index (κ2) is 7.22. The number of nitrogens with zero attached hydrogens (tertiary/aromatic N) is 2. The van der Waals surface area contributed by atoms with Gasteiger partial charge in [0, 0.05) is 12.6 Å². The molecule has 1 aromatic heterocycles. The van der Waals surface area contributed by atoms with Crippen LogP contribution in [-0.2, 0) is 4.79 Å². The highest BCUT2D eigenvalue weighted by Gasteiger charge is 2.28. The molecule has 0 unspecified atom stereocenters. The van der Waals surface area contributed by atoms with Crippen LogP contribution in [0.4, 0.5) is 5.13 Å². The van der Waals surface area contributed by atoms with Gasteiger partial charge in [-0.15, -0.1) is 0 Å². The van der Waals surface area contributed by atoms with Crippen LogP contribution >= 0.6 is 35.3 Å². The average molecular weight is 412 g/mol. The van der Waals surface area contributed by atoms with E-state index in [1.807, 2.05) is 24.3 Å². The number of anilines is 1. The molecular weight excluding hydrogens is 398 g/mol. The number of carbonyl (C=O) groups is 2. The Morgan fingerprint density at radius 2 is 1.93 bits per heavy atom. The van der Waals surface area contributed by atoms with Crippen molar-refractivity contribution >= 4 is 72.9 Å². The van der Waals surface area contributed by atoms with Crippen molar-refractivity contribution in [1.82, 2.24) is 9.88 Å². The van der Waals surface area contributed by atoms with Crippen molar-refractivity contribution in [2.24, 2.45) is 0 Å². The van der Waals surface area contributed by atoms with Crippen LogP contribution in [0.3, 0.4) is 0 Å². The van der Waals surface area contributed by atoms with Gasteiger partial charge in [-0.3, -0.25) is 19.8 Å². The van der Waals surface area contributed by atoms with Gasteiger partial charge >= 0.3 is 0 Å². The number of thiocarbonyl (C=S) groups is 1. The standard InChI is InChI=1S/C19H13N3O2S3/c1-22-17(24)15(27-19(22)25)10-11-6-8-12(9-7-11)16(23)21-18-20-13-4-2-3-5-14(13)26-18/h2-10H,1H3,(H,20,21,23)/b15-10+. The fourth-order valence-electron chi connectivity index (χ4n) is 2.52. The Balaban J connectivity index is 1.49. The molecule has 4 rings (SSSR count). The molecule has 3 aromatic rings. The maximum absolute atomic E-state index is 12.4. The van der Waals surface area contributed by atoms with Gasteiger partial charge < -0.3 is 0 Å². The number of thiazole rings is 1. The lowest BCUT2D eigenvalue weighted by Crippen LogP contribution is -2.22. The number of likely N-dealkylation sites (N-methyl/N-ethyl adjacent to an activating group) is 1. The largest absolute Gasteiger partial charge is 0.298 e. The van der Waals surface area contributed by atoms with Gasteiger partial charge in [0.15, 0.2) is 5.13 Å². The average Bonchev–Trinajstić information content (AvgIpc) is 3.18. The summed E-state index contributed by atoms with van der Waals surface area (Å²) in [5, 5.41) is 3.40. The number of hydrogen-bond donors (Lipinski definition) is 1. The van der Waals surface area contributed by atoms with Gasteiger partial charge in [-0.05, 0) is 35.9 Å². The van der Waals surface area contributed by atoms with Gasteiger partial charge in [0.2, 0.25) is 0 Å². The third kappa shape index (κ3) is 3.64. The molecular formula is C19H13N3O2S3. The van der Waals surface area contributed by atoms with Crippen LogP contribution in [0.25, 0.3) is 16.3 Å². The highest BCUT2D eigenvalue weighted by atomic mass is 32.2. The minimum atomic E-state index is -0.222. The van der Waals surface area contributed by atoms with E-state index in [0.717, 1.165) is 15.8 Å². The van der Waals surface area contributed by atoms with Gasteiger partial charge in [0.1, 0.15) is 4.32 Å². The van der Waals surface area contributed by atoms with Crippen LogP contribution in [0.5, 0.6) is 0 Å². The molecule has 1 aliphatic heterocycles. The molecule has 2 heterocycles. The number of rotatable bonds is 3. The zero-order valence-electron chi connectivity index (χ0n) is 14.1. The molecule has 0 saturated carbocycles.